The van der Waals surface area contributed by atoms with Crippen LogP contribution in [0.5, 0.6) is 5.75 Å². The third-order valence-electron chi connectivity index (χ3n) is 3.87. The highest BCUT2D eigenvalue weighted by atomic mass is 35.5. The number of aromatic nitrogens is 2. The molecule has 1 amide bonds. The molecule has 3 aromatic rings. The van der Waals surface area contributed by atoms with Crippen LogP contribution in [0.15, 0.2) is 39.8 Å². The van der Waals surface area contributed by atoms with E-state index in [2.05, 4.69) is 9.98 Å². The second kappa shape index (κ2) is 6.08. The molecule has 0 saturated heterocycles. The number of imidazole rings is 1. The van der Waals surface area contributed by atoms with E-state index in [0.717, 1.165) is 5.56 Å². The molecular weight excluding hydrogens is 400 g/mol. The van der Waals surface area contributed by atoms with Crippen LogP contribution >= 0.6 is 22.9 Å². The summed E-state index contributed by atoms with van der Waals surface area (Å²) in [6, 6.07) is 3.81. The highest BCUT2D eigenvalue weighted by Gasteiger charge is 2.28. The van der Waals surface area contributed by atoms with Gasteiger partial charge in [-0.2, -0.15) is 8.42 Å². The molecule has 4 rings (SSSR count). The third kappa shape index (κ3) is 2.75. The van der Waals surface area contributed by atoms with Crippen molar-refractivity contribution >= 4 is 50.1 Å². The molecule has 1 unspecified atom stereocenters. The Balaban J connectivity index is 1.71. The number of hydrogen-bond donors (Lipinski definition) is 1. The van der Waals surface area contributed by atoms with Gasteiger partial charge in [-0.05, 0) is 23.3 Å². The summed E-state index contributed by atoms with van der Waals surface area (Å²) in [5, 5.41) is 1.31. The van der Waals surface area contributed by atoms with Crippen molar-refractivity contribution in [1.82, 2.24) is 9.38 Å². The summed E-state index contributed by atoms with van der Waals surface area (Å²) in [4.78, 5) is 20.0. The zero-order valence-corrected chi connectivity index (χ0v) is 15.4. The molecule has 2 N–H and O–H groups in total. The number of amides is 1. The van der Waals surface area contributed by atoms with Gasteiger partial charge in [0.25, 0.3) is 0 Å². The Morgan fingerprint density at radius 1 is 1.42 bits per heavy atom. The van der Waals surface area contributed by atoms with Gasteiger partial charge in [0.2, 0.25) is 10.9 Å². The first-order chi connectivity index (χ1) is 12.4. The molecular formula is C15H11ClN4O4S2. The molecule has 1 aliphatic rings. The number of halogens is 1. The maximum atomic E-state index is 12.7. The van der Waals surface area contributed by atoms with E-state index in [4.69, 9.17) is 21.5 Å². The van der Waals surface area contributed by atoms with Crippen molar-refractivity contribution in [3.05, 3.63) is 46.1 Å². The zero-order chi connectivity index (χ0) is 18.5. The lowest BCUT2D eigenvalue weighted by molar-refractivity contribution is -0.119. The first-order valence-corrected chi connectivity index (χ1v) is 10.0. The van der Waals surface area contributed by atoms with E-state index < -0.39 is 22.1 Å². The lowest BCUT2D eigenvalue weighted by atomic mass is 9.95. The van der Waals surface area contributed by atoms with E-state index in [1.807, 2.05) is 0 Å². The van der Waals surface area contributed by atoms with Gasteiger partial charge in [-0.15, -0.1) is 11.3 Å². The maximum Gasteiger partial charge on any atom is 0.358 e. The lowest BCUT2D eigenvalue weighted by Gasteiger charge is -2.18. The van der Waals surface area contributed by atoms with E-state index in [0.29, 0.717) is 16.9 Å². The number of fused-ring (bicyclic) bond motifs is 2. The normalized spacial score (nSPS) is 16.6. The second-order valence-corrected chi connectivity index (χ2v) is 8.19. The summed E-state index contributed by atoms with van der Waals surface area (Å²) in [5.74, 6) is -0.474. The molecule has 26 heavy (non-hydrogen) atoms. The lowest BCUT2D eigenvalue weighted by Crippen LogP contribution is -2.23. The zero-order valence-electron chi connectivity index (χ0n) is 13.0. The fourth-order valence-electron chi connectivity index (χ4n) is 2.77. The predicted molar refractivity (Wildman–Crippen MR) is 96.5 cm³/mol. The molecule has 1 atom stereocenters. The molecule has 2 aromatic heterocycles. The summed E-state index contributed by atoms with van der Waals surface area (Å²) >= 11 is 7.23. The van der Waals surface area contributed by atoms with Gasteiger partial charge in [-0.3, -0.25) is 14.2 Å². The predicted octanol–water partition coefficient (Wildman–Crippen LogP) is 1.97. The fraction of sp³-hybridized carbons (Fsp3) is 0.133. The minimum Gasteiger partial charge on any atom is -0.378 e. The molecule has 0 radical (unpaired) electrons. The average molecular weight is 411 g/mol. The molecule has 0 spiro atoms. The van der Waals surface area contributed by atoms with Crippen LogP contribution in [0.2, 0.25) is 5.15 Å². The Kier molecular flexibility index (Phi) is 3.98. The first kappa shape index (κ1) is 17.0. The molecule has 1 aromatic carbocycles. The number of primary amides is 1. The van der Waals surface area contributed by atoms with Crippen LogP contribution in [0.3, 0.4) is 0 Å². The summed E-state index contributed by atoms with van der Waals surface area (Å²) < 4.78 is 31.9. The van der Waals surface area contributed by atoms with Crippen molar-refractivity contribution in [2.45, 2.75) is 17.5 Å². The number of benzene rings is 1. The largest absolute Gasteiger partial charge is 0.378 e. The summed E-state index contributed by atoms with van der Waals surface area (Å²) in [5.41, 5.74) is 6.69. The Morgan fingerprint density at radius 3 is 3.00 bits per heavy atom. The van der Waals surface area contributed by atoms with E-state index in [1.54, 1.807) is 29.9 Å². The van der Waals surface area contributed by atoms with Crippen molar-refractivity contribution < 1.29 is 17.4 Å². The Hall–Kier alpha value is -2.43. The van der Waals surface area contributed by atoms with E-state index >= 15 is 0 Å². The Bertz CT molecular complexity index is 1170. The number of hydrogen-bond acceptors (Lipinski definition) is 7. The van der Waals surface area contributed by atoms with Crippen LogP contribution in [0, 0.1) is 0 Å². The van der Waals surface area contributed by atoms with Gasteiger partial charge in [-0.25, -0.2) is 4.98 Å². The molecule has 0 aliphatic carbocycles. The van der Waals surface area contributed by atoms with Crippen molar-refractivity contribution in [2.75, 3.05) is 0 Å². The van der Waals surface area contributed by atoms with Crippen molar-refractivity contribution in [2.24, 2.45) is 10.7 Å². The van der Waals surface area contributed by atoms with Crippen LogP contribution < -0.4 is 9.92 Å². The number of aliphatic imine (C=N–C) groups is 1. The molecule has 0 saturated carbocycles. The SMILES string of the molecule is NC(=O)C1N=CCc2cc(OS(=O)(=O)c3c(Cl)nc4sccn34)ccc21. The van der Waals surface area contributed by atoms with Crippen LogP contribution in [0.25, 0.3) is 4.96 Å². The summed E-state index contributed by atoms with van der Waals surface area (Å²) in [7, 11) is -4.20. The second-order valence-electron chi connectivity index (χ2n) is 5.50. The molecule has 0 bridgehead atoms. The number of nitrogens with zero attached hydrogens (tertiary/aromatic N) is 3. The van der Waals surface area contributed by atoms with Crippen molar-refractivity contribution in [3.63, 3.8) is 0 Å². The number of carbonyl (C=O) groups is 1. The van der Waals surface area contributed by atoms with Gasteiger partial charge in [0.15, 0.2) is 16.2 Å². The number of thiazole rings is 1. The van der Waals surface area contributed by atoms with E-state index in [9.17, 15) is 13.2 Å². The van der Waals surface area contributed by atoms with Gasteiger partial charge < -0.3 is 9.92 Å². The molecule has 0 fully saturated rings. The summed E-state index contributed by atoms with van der Waals surface area (Å²) in [6.07, 6.45) is 3.56. The minimum atomic E-state index is -4.20. The molecule has 3 heterocycles. The minimum absolute atomic E-state index is 0.100. The summed E-state index contributed by atoms with van der Waals surface area (Å²) in [6.45, 7) is 0. The maximum absolute atomic E-state index is 12.7. The van der Waals surface area contributed by atoms with Gasteiger partial charge >= 0.3 is 10.1 Å². The van der Waals surface area contributed by atoms with Crippen molar-refractivity contribution in [3.8, 4) is 5.75 Å². The van der Waals surface area contributed by atoms with Gasteiger partial charge in [0, 0.05) is 24.2 Å². The van der Waals surface area contributed by atoms with Crippen LogP contribution in [-0.2, 0) is 21.3 Å². The number of carbonyl (C=O) groups excluding carboxylic acids is 1. The van der Waals surface area contributed by atoms with E-state index in [1.165, 1.54) is 21.8 Å². The average Bonchev–Trinajstić information content (AvgIpc) is 3.13. The Labute approximate surface area is 157 Å². The highest BCUT2D eigenvalue weighted by Crippen LogP contribution is 2.31. The first-order valence-electron chi connectivity index (χ1n) is 7.36. The molecule has 8 nitrogen and oxygen atoms in total. The molecule has 134 valence electrons. The van der Waals surface area contributed by atoms with Gasteiger partial charge in [0.1, 0.15) is 5.75 Å². The van der Waals surface area contributed by atoms with Crippen LogP contribution in [-0.4, -0.2) is 29.9 Å². The number of rotatable bonds is 4. The monoisotopic (exact) mass is 410 g/mol. The number of nitrogens with two attached hydrogens (primary N) is 1. The highest BCUT2D eigenvalue weighted by molar-refractivity contribution is 7.87. The van der Waals surface area contributed by atoms with Crippen LogP contribution in [0.1, 0.15) is 17.2 Å². The fourth-order valence-corrected chi connectivity index (χ4v) is 5.12. The molecule has 1 aliphatic heterocycles. The standard InChI is InChI=1S/C15H11ClN4O4S2/c16-12-14(20-5-6-25-15(20)19-12)26(22,23)24-9-1-2-10-8(7-9)3-4-18-11(10)13(17)21/h1-2,4-7,11H,3H2,(H2,17,21). The smallest absolute Gasteiger partial charge is 0.358 e. The molecule has 11 heteroatoms. The topological polar surface area (TPSA) is 116 Å². The van der Waals surface area contributed by atoms with Gasteiger partial charge in [0.05, 0.1) is 0 Å². The van der Waals surface area contributed by atoms with Gasteiger partial charge in [-0.1, -0.05) is 17.7 Å². The van der Waals surface area contributed by atoms with Crippen LogP contribution in [0.4, 0.5) is 0 Å². The third-order valence-corrected chi connectivity index (χ3v) is 6.27. The quantitative estimate of drug-likeness (QED) is 0.660. The van der Waals surface area contributed by atoms with E-state index in [-0.39, 0.29) is 15.9 Å². The Morgan fingerprint density at radius 2 is 2.23 bits per heavy atom. The van der Waals surface area contributed by atoms with Crippen molar-refractivity contribution in [1.29, 1.82) is 0 Å².